The average molecular weight is 289 g/mol. The highest BCUT2D eigenvalue weighted by atomic mass is 19.4. The van der Waals surface area contributed by atoms with E-state index in [4.69, 9.17) is 5.11 Å². The molecule has 0 bridgehead atoms. The minimum atomic E-state index is -5.30. The quantitative estimate of drug-likeness (QED) is 0.866. The van der Waals surface area contributed by atoms with Crippen LogP contribution in [-0.2, 0) is 11.2 Å². The van der Waals surface area contributed by atoms with E-state index in [0.29, 0.717) is 0 Å². The number of halogens is 6. The predicted octanol–water partition coefficient (Wildman–Crippen LogP) is 2.68. The number of nitrogens with zero attached hydrogens (tertiary/aromatic N) is 1. The lowest BCUT2D eigenvalue weighted by atomic mass is 10.2. The minimum Gasteiger partial charge on any atom is -0.481 e. The van der Waals surface area contributed by atoms with Gasteiger partial charge in [0.1, 0.15) is 5.69 Å². The molecule has 0 amide bonds. The predicted molar refractivity (Wildman–Crippen MR) is 47.2 cm³/mol. The van der Waals surface area contributed by atoms with E-state index in [1.54, 1.807) is 0 Å². The van der Waals surface area contributed by atoms with E-state index in [9.17, 15) is 31.1 Å². The number of hydrogen-bond acceptors (Lipinski definition) is 3. The Bertz CT molecular complexity index is 488. The van der Waals surface area contributed by atoms with E-state index >= 15 is 0 Å². The second-order valence-electron chi connectivity index (χ2n) is 3.22. The molecule has 0 radical (unpaired) electrons. The molecule has 0 atom stereocenters. The van der Waals surface area contributed by atoms with Crippen LogP contribution in [0.3, 0.4) is 0 Å². The molecule has 0 saturated heterocycles. The normalized spacial score (nSPS) is 11.7. The van der Waals surface area contributed by atoms with Crippen molar-refractivity contribution in [1.82, 2.24) is 4.98 Å². The Kier molecular flexibility index (Phi) is 4.22. The van der Waals surface area contributed by atoms with E-state index < -0.39 is 48.1 Å². The third kappa shape index (κ3) is 4.30. The Morgan fingerprint density at radius 3 is 2.42 bits per heavy atom. The maximum atomic E-state index is 13.4. The summed E-state index contributed by atoms with van der Waals surface area (Å²) in [6.45, 7) is 0. The van der Waals surface area contributed by atoms with Crippen molar-refractivity contribution in [2.24, 2.45) is 0 Å². The lowest BCUT2D eigenvalue weighted by Gasteiger charge is -2.12. The van der Waals surface area contributed by atoms with Gasteiger partial charge in [0.25, 0.3) is 6.43 Å². The number of rotatable bonds is 4. The molecule has 0 aliphatic heterocycles. The van der Waals surface area contributed by atoms with Crippen molar-refractivity contribution >= 4 is 5.97 Å². The van der Waals surface area contributed by atoms with Crippen LogP contribution in [0, 0.1) is 5.82 Å². The van der Waals surface area contributed by atoms with Gasteiger partial charge < -0.3 is 9.84 Å². The van der Waals surface area contributed by atoms with Crippen LogP contribution in [0.4, 0.5) is 26.3 Å². The molecule has 0 saturated carbocycles. The van der Waals surface area contributed by atoms with Crippen molar-refractivity contribution in [2.45, 2.75) is 19.2 Å². The number of pyridine rings is 1. The Balaban J connectivity index is 3.28. The lowest BCUT2D eigenvalue weighted by Crippen LogP contribution is -2.19. The molecule has 1 aromatic heterocycles. The zero-order valence-corrected chi connectivity index (χ0v) is 8.84. The Labute approximate surface area is 101 Å². The Morgan fingerprint density at radius 2 is 2.00 bits per heavy atom. The summed E-state index contributed by atoms with van der Waals surface area (Å²) < 4.78 is 77.1. The minimum absolute atomic E-state index is 0.0683. The third-order valence-corrected chi connectivity index (χ3v) is 1.78. The highest BCUT2D eigenvalue weighted by molar-refractivity contribution is 5.69. The maximum Gasteiger partial charge on any atom is 0.573 e. The van der Waals surface area contributed by atoms with Gasteiger partial charge in [0.15, 0.2) is 11.6 Å². The first kappa shape index (κ1) is 15.1. The van der Waals surface area contributed by atoms with E-state index in [0.717, 1.165) is 0 Å². The molecule has 1 N–H and O–H groups in total. The van der Waals surface area contributed by atoms with Crippen molar-refractivity contribution in [1.29, 1.82) is 0 Å². The molecule has 1 heterocycles. The monoisotopic (exact) mass is 289 g/mol. The topological polar surface area (TPSA) is 59.4 Å². The van der Waals surface area contributed by atoms with Crippen LogP contribution >= 0.6 is 0 Å². The van der Waals surface area contributed by atoms with Gasteiger partial charge in [-0.05, 0) is 0 Å². The van der Waals surface area contributed by atoms with Gasteiger partial charge in [-0.3, -0.25) is 4.79 Å². The first-order valence-electron chi connectivity index (χ1n) is 4.55. The van der Waals surface area contributed by atoms with Crippen LogP contribution in [0.2, 0.25) is 0 Å². The molecule has 0 fully saturated rings. The standard InChI is InChI=1S/C9H5F6NO3/c10-7-3(2-6(17)18)16-4(8(11)12)1-5(7)19-9(13,14)15/h1,8H,2H2,(H,17,18). The average Bonchev–Trinajstić information content (AvgIpc) is 2.20. The van der Waals surface area contributed by atoms with Gasteiger partial charge in [-0.1, -0.05) is 0 Å². The second-order valence-corrected chi connectivity index (χ2v) is 3.22. The molecule has 0 unspecified atom stereocenters. The third-order valence-electron chi connectivity index (χ3n) is 1.78. The molecule has 0 aromatic carbocycles. The van der Waals surface area contributed by atoms with Crippen LogP contribution in [-0.4, -0.2) is 22.4 Å². The fraction of sp³-hybridized carbons (Fsp3) is 0.333. The summed E-state index contributed by atoms with van der Waals surface area (Å²) >= 11 is 0. The first-order valence-corrected chi connectivity index (χ1v) is 4.55. The molecular weight excluding hydrogens is 284 g/mol. The Hall–Kier alpha value is -2.00. The zero-order valence-electron chi connectivity index (χ0n) is 8.84. The summed E-state index contributed by atoms with van der Waals surface area (Å²) in [6, 6.07) is 0.0683. The second kappa shape index (κ2) is 5.33. The number of carbonyl (C=O) groups is 1. The van der Waals surface area contributed by atoms with Gasteiger partial charge in [-0.2, -0.15) is 0 Å². The van der Waals surface area contributed by atoms with Crippen LogP contribution < -0.4 is 4.74 Å². The Morgan fingerprint density at radius 1 is 1.42 bits per heavy atom. The highest BCUT2D eigenvalue weighted by Gasteiger charge is 2.34. The fourth-order valence-electron chi connectivity index (χ4n) is 1.15. The molecule has 0 spiro atoms. The van der Waals surface area contributed by atoms with Crippen molar-refractivity contribution in [3.63, 3.8) is 0 Å². The summed E-state index contributed by atoms with van der Waals surface area (Å²) in [4.78, 5) is 13.3. The van der Waals surface area contributed by atoms with Gasteiger partial charge in [0.05, 0.1) is 12.1 Å². The molecule has 0 aliphatic rings. The summed E-state index contributed by atoms with van der Waals surface area (Å²) in [7, 11) is 0. The first-order chi connectivity index (χ1) is 8.60. The molecule has 1 aromatic rings. The summed E-state index contributed by atoms with van der Waals surface area (Å²) in [5.41, 5.74) is -2.28. The molecule has 0 aliphatic carbocycles. The van der Waals surface area contributed by atoms with Crippen molar-refractivity contribution in [3.8, 4) is 5.75 Å². The number of aliphatic carboxylic acids is 1. The number of alkyl halides is 5. The summed E-state index contributed by atoms with van der Waals surface area (Å²) in [5, 5.41) is 8.39. The van der Waals surface area contributed by atoms with Crippen LogP contribution in [0.1, 0.15) is 17.8 Å². The maximum absolute atomic E-state index is 13.4. The van der Waals surface area contributed by atoms with Crippen LogP contribution in [0.5, 0.6) is 5.75 Å². The molecule has 19 heavy (non-hydrogen) atoms. The molecular formula is C9H5F6NO3. The van der Waals surface area contributed by atoms with Crippen LogP contribution in [0.25, 0.3) is 0 Å². The van der Waals surface area contributed by atoms with Crippen molar-refractivity contribution < 1.29 is 41.0 Å². The van der Waals surface area contributed by atoms with E-state index in [1.807, 2.05) is 0 Å². The summed E-state index contributed by atoms with van der Waals surface area (Å²) in [5.74, 6) is -4.94. The van der Waals surface area contributed by atoms with E-state index in [2.05, 4.69) is 9.72 Å². The van der Waals surface area contributed by atoms with Crippen LogP contribution in [0.15, 0.2) is 6.07 Å². The SMILES string of the molecule is O=C(O)Cc1nc(C(F)F)cc(OC(F)(F)F)c1F. The molecule has 4 nitrogen and oxygen atoms in total. The largest absolute Gasteiger partial charge is 0.573 e. The number of hydrogen-bond donors (Lipinski definition) is 1. The van der Waals surface area contributed by atoms with E-state index in [-0.39, 0.29) is 6.07 Å². The zero-order chi connectivity index (χ0) is 14.8. The summed E-state index contributed by atoms with van der Waals surface area (Å²) in [6.07, 6.45) is -9.76. The number of aromatic nitrogens is 1. The number of carboxylic acids is 1. The van der Waals surface area contributed by atoms with Gasteiger partial charge in [0, 0.05) is 6.07 Å². The molecule has 1 rings (SSSR count). The smallest absolute Gasteiger partial charge is 0.481 e. The van der Waals surface area contributed by atoms with Gasteiger partial charge in [0.2, 0.25) is 0 Å². The lowest BCUT2D eigenvalue weighted by molar-refractivity contribution is -0.275. The van der Waals surface area contributed by atoms with Gasteiger partial charge in [-0.15, -0.1) is 13.2 Å². The number of carboxylic acid groups (broad SMARTS) is 1. The van der Waals surface area contributed by atoms with Crippen molar-refractivity contribution in [3.05, 3.63) is 23.3 Å². The number of ether oxygens (including phenoxy) is 1. The van der Waals surface area contributed by atoms with Gasteiger partial charge in [-0.25, -0.2) is 18.2 Å². The van der Waals surface area contributed by atoms with Gasteiger partial charge >= 0.3 is 12.3 Å². The molecule has 106 valence electrons. The van der Waals surface area contributed by atoms with Crippen molar-refractivity contribution in [2.75, 3.05) is 0 Å². The highest BCUT2D eigenvalue weighted by Crippen LogP contribution is 2.30. The fourth-order valence-corrected chi connectivity index (χ4v) is 1.15. The molecule has 10 heteroatoms. The van der Waals surface area contributed by atoms with E-state index in [1.165, 1.54) is 0 Å².